The van der Waals surface area contributed by atoms with E-state index in [-0.39, 0.29) is 0 Å². The SMILES string of the molecule is CCCCCc1ccc([C](c2ccccc2)c2ccccc2)cc1. The van der Waals surface area contributed by atoms with E-state index in [1.165, 1.54) is 53.9 Å². The Balaban J connectivity index is 1.89. The zero-order valence-electron chi connectivity index (χ0n) is 14.4. The molecule has 0 amide bonds. The molecule has 3 rings (SSSR count). The molecule has 0 heterocycles. The molecule has 0 fully saturated rings. The van der Waals surface area contributed by atoms with Gasteiger partial charge in [-0.15, -0.1) is 0 Å². The predicted molar refractivity (Wildman–Crippen MR) is 103 cm³/mol. The number of aryl methyl sites for hydroxylation is 1. The van der Waals surface area contributed by atoms with Crippen LogP contribution in [0.5, 0.6) is 0 Å². The molecule has 0 spiro atoms. The summed E-state index contributed by atoms with van der Waals surface area (Å²) in [7, 11) is 0. The van der Waals surface area contributed by atoms with E-state index < -0.39 is 0 Å². The van der Waals surface area contributed by atoms with Gasteiger partial charge in [0, 0.05) is 0 Å². The van der Waals surface area contributed by atoms with E-state index in [0.29, 0.717) is 0 Å². The topological polar surface area (TPSA) is 0 Å². The maximum absolute atomic E-state index is 2.29. The van der Waals surface area contributed by atoms with Crippen LogP contribution in [-0.2, 0) is 6.42 Å². The second-order valence-electron chi connectivity index (χ2n) is 6.26. The van der Waals surface area contributed by atoms with Gasteiger partial charge in [0.25, 0.3) is 0 Å². The molecular formula is C24H25. The first-order chi connectivity index (χ1) is 11.9. The lowest BCUT2D eigenvalue weighted by Gasteiger charge is -2.18. The summed E-state index contributed by atoms with van der Waals surface area (Å²) in [5.74, 6) is 1.30. The summed E-state index contributed by atoms with van der Waals surface area (Å²) in [5.41, 5.74) is 5.25. The van der Waals surface area contributed by atoms with Crippen molar-refractivity contribution >= 4 is 0 Å². The average molecular weight is 313 g/mol. The zero-order chi connectivity index (χ0) is 16.6. The lowest BCUT2D eigenvalue weighted by molar-refractivity contribution is 0.717. The van der Waals surface area contributed by atoms with Crippen LogP contribution in [0.15, 0.2) is 84.9 Å². The van der Waals surface area contributed by atoms with Gasteiger partial charge >= 0.3 is 0 Å². The van der Waals surface area contributed by atoms with Crippen molar-refractivity contribution in [1.29, 1.82) is 0 Å². The molecule has 0 aliphatic rings. The second-order valence-corrected chi connectivity index (χ2v) is 6.26. The van der Waals surface area contributed by atoms with E-state index >= 15 is 0 Å². The van der Waals surface area contributed by atoms with Crippen LogP contribution in [0.25, 0.3) is 0 Å². The number of hydrogen-bond acceptors (Lipinski definition) is 0. The van der Waals surface area contributed by atoms with Gasteiger partial charge in [-0.1, -0.05) is 105 Å². The van der Waals surface area contributed by atoms with Crippen LogP contribution in [0.1, 0.15) is 48.4 Å². The van der Waals surface area contributed by atoms with Crippen LogP contribution in [0, 0.1) is 5.92 Å². The summed E-state index contributed by atoms with van der Waals surface area (Å²) in [4.78, 5) is 0. The fraction of sp³-hybridized carbons (Fsp3) is 0.208. The standard InChI is InChI=1S/C24H25/c1-2-3-6-11-20-16-18-23(19-17-20)24(21-12-7-4-8-13-21)22-14-9-5-10-15-22/h4-5,7-10,12-19H,2-3,6,11H2,1H3. The molecule has 0 aromatic heterocycles. The molecule has 0 nitrogen and oxygen atoms in total. The average Bonchev–Trinajstić information content (AvgIpc) is 2.65. The third-order valence-corrected chi connectivity index (χ3v) is 4.44. The monoisotopic (exact) mass is 313 g/mol. The van der Waals surface area contributed by atoms with Crippen molar-refractivity contribution in [2.45, 2.75) is 32.6 Å². The first-order valence-corrected chi connectivity index (χ1v) is 8.95. The number of unbranched alkanes of at least 4 members (excludes halogenated alkanes) is 2. The maximum atomic E-state index is 2.29. The Labute approximate surface area is 146 Å². The van der Waals surface area contributed by atoms with Crippen LogP contribution >= 0.6 is 0 Å². The van der Waals surface area contributed by atoms with E-state index in [4.69, 9.17) is 0 Å². The molecule has 0 aliphatic heterocycles. The van der Waals surface area contributed by atoms with Crippen LogP contribution in [0.4, 0.5) is 0 Å². The zero-order valence-corrected chi connectivity index (χ0v) is 14.4. The molecule has 0 saturated carbocycles. The van der Waals surface area contributed by atoms with E-state index in [2.05, 4.69) is 91.9 Å². The minimum absolute atomic E-state index is 1.18. The minimum Gasteiger partial charge on any atom is -0.0654 e. The number of benzene rings is 3. The highest BCUT2D eigenvalue weighted by Crippen LogP contribution is 2.30. The molecule has 0 unspecified atom stereocenters. The predicted octanol–water partition coefficient (Wildman–Crippen LogP) is 6.44. The third kappa shape index (κ3) is 4.14. The lowest BCUT2D eigenvalue weighted by atomic mass is 9.85. The molecule has 24 heavy (non-hydrogen) atoms. The molecule has 0 saturated heterocycles. The Kier molecular flexibility index (Phi) is 5.85. The Hall–Kier alpha value is -2.34. The van der Waals surface area contributed by atoms with E-state index in [9.17, 15) is 0 Å². The van der Waals surface area contributed by atoms with Crippen LogP contribution in [0.2, 0.25) is 0 Å². The minimum atomic E-state index is 1.18. The molecule has 0 aliphatic carbocycles. The Morgan fingerprint density at radius 1 is 0.583 bits per heavy atom. The van der Waals surface area contributed by atoms with Gasteiger partial charge in [-0.2, -0.15) is 0 Å². The molecule has 3 aromatic rings. The van der Waals surface area contributed by atoms with Crippen LogP contribution in [0.3, 0.4) is 0 Å². The highest BCUT2D eigenvalue weighted by molar-refractivity contribution is 5.57. The first-order valence-electron chi connectivity index (χ1n) is 8.95. The number of hydrogen-bond donors (Lipinski definition) is 0. The summed E-state index contributed by atoms with van der Waals surface area (Å²) in [6.07, 6.45) is 5.05. The Bertz CT molecular complexity index is 672. The van der Waals surface area contributed by atoms with Crippen molar-refractivity contribution in [2.75, 3.05) is 0 Å². The smallest absolute Gasteiger partial charge is 0.0629 e. The molecule has 0 atom stereocenters. The summed E-state index contributed by atoms with van der Waals surface area (Å²) in [6.45, 7) is 2.25. The molecular weight excluding hydrogens is 288 g/mol. The van der Waals surface area contributed by atoms with Crippen molar-refractivity contribution < 1.29 is 0 Å². The molecule has 121 valence electrons. The van der Waals surface area contributed by atoms with Gasteiger partial charge in [0.2, 0.25) is 0 Å². The molecule has 0 bridgehead atoms. The van der Waals surface area contributed by atoms with Crippen LogP contribution < -0.4 is 0 Å². The Morgan fingerprint density at radius 3 is 1.58 bits per heavy atom. The second kappa shape index (κ2) is 8.49. The maximum Gasteiger partial charge on any atom is 0.0629 e. The van der Waals surface area contributed by atoms with E-state index in [1.54, 1.807) is 0 Å². The fourth-order valence-corrected chi connectivity index (χ4v) is 3.13. The Morgan fingerprint density at radius 2 is 1.08 bits per heavy atom. The highest BCUT2D eigenvalue weighted by atomic mass is 14.2. The van der Waals surface area contributed by atoms with Crippen molar-refractivity contribution in [1.82, 2.24) is 0 Å². The summed E-state index contributed by atoms with van der Waals surface area (Å²) >= 11 is 0. The quantitative estimate of drug-likeness (QED) is 0.348. The summed E-state index contributed by atoms with van der Waals surface area (Å²) in [6, 6.07) is 30.5. The number of rotatable bonds is 7. The van der Waals surface area contributed by atoms with Gasteiger partial charge in [-0.25, -0.2) is 0 Å². The summed E-state index contributed by atoms with van der Waals surface area (Å²) < 4.78 is 0. The van der Waals surface area contributed by atoms with Gasteiger partial charge in [-0.05, 0) is 35.1 Å². The fourth-order valence-electron chi connectivity index (χ4n) is 3.13. The van der Waals surface area contributed by atoms with Crippen molar-refractivity contribution in [3.8, 4) is 0 Å². The molecule has 3 aromatic carbocycles. The van der Waals surface area contributed by atoms with E-state index in [0.717, 1.165) is 0 Å². The third-order valence-electron chi connectivity index (χ3n) is 4.44. The lowest BCUT2D eigenvalue weighted by Crippen LogP contribution is -2.04. The molecule has 0 heteroatoms. The van der Waals surface area contributed by atoms with Crippen molar-refractivity contribution in [2.24, 2.45) is 0 Å². The van der Waals surface area contributed by atoms with Gasteiger partial charge in [0.15, 0.2) is 0 Å². The van der Waals surface area contributed by atoms with Gasteiger partial charge in [0.1, 0.15) is 0 Å². The van der Waals surface area contributed by atoms with Crippen molar-refractivity contribution in [3.63, 3.8) is 0 Å². The normalized spacial score (nSPS) is 10.9. The largest absolute Gasteiger partial charge is 0.0654 e. The highest BCUT2D eigenvalue weighted by Gasteiger charge is 2.17. The molecule has 1 radical (unpaired) electrons. The molecule has 0 N–H and O–H groups in total. The van der Waals surface area contributed by atoms with E-state index in [1.807, 2.05) is 0 Å². The van der Waals surface area contributed by atoms with Gasteiger partial charge in [0.05, 0.1) is 5.92 Å². The summed E-state index contributed by atoms with van der Waals surface area (Å²) in [5, 5.41) is 0. The van der Waals surface area contributed by atoms with Crippen molar-refractivity contribution in [3.05, 3.63) is 113 Å². The van der Waals surface area contributed by atoms with Gasteiger partial charge in [-0.3, -0.25) is 0 Å². The van der Waals surface area contributed by atoms with Gasteiger partial charge < -0.3 is 0 Å². The van der Waals surface area contributed by atoms with Crippen LogP contribution in [-0.4, -0.2) is 0 Å². The first kappa shape index (κ1) is 16.5.